The molecular weight excluding hydrogens is 211 g/mol. The van der Waals surface area contributed by atoms with E-state index in [1.807, 2.05) is 30.7 Å². The zero-order chi connectivity index (χ0) is 6.95. The topological polar surface area (TPSA) is 0 Å². The fourth-order valence-corrected chi connectivity index (χ4v) is 0.321. The average Bonchev–Trinajstić information content (AvgIpc) is 2.43. The molecule has 0 fully saturated rings. The molecule has 0 aromatic rings. The van der Waals surface area contributed by atoms with Crippen LogP contribution in [0.4, 0.5) is 0 Å². The second-order valence-electron chi connectivity index (χ2n) is 1.45. The summed E-state index contributed by atoms with van der Waals surface area (Å²) < 4.78 is 1.25. The fourth-order valence-electron chi connectivity index (χ4n) is 0.321. The molecule has 2 heteroatoms. The molecule has 0 unspecified atom stereocenters. The van der Waals surface area contributed by atoms with Crippen molar-refractivity contribution in [2.75, 3.05) is 0 Å². The van der Waals surface area contributed by atoms with Gasteiger partial charge in [-0.3, -0.25) is 0 Å². The molecule has 1 radical (unpaired) electrons. The Labute approximate surface area is 72.1 Å². The summed E-state index contributed by atoms with van der Waals surface area (Å²) in [5.41, 5.74) is 0. The van der Waals surface area contributed by atoms with Crippen molar-refractivity contribution in [3.05, 3.63) is 30.7 Å². The van der Waals surface area contributed by atoms with Crippen molar-refractivity contribution >= 4 is 8.51 Å². The van der Waals surface area contributed by atoms with E-state index in [1.165, 1.54) is 4.13 Å². The van der Waals surface area contributed by atoms with Gasteiger partial charge in [-0.2, -0.15) is 0 Å². The van der Waals surface area contributed by atoms with Crippen molar-refractivity contribution in [1.82, 2.24) is 0 Å². The Kier molecular flexibility index (Phi) is 9.28. The molecule has 49 valence electrons. The Bertz CT molecular complexity index is 85.1. The molecule has 0 spiro atoms. The molecule has 1 aliphatic carbocycles. The standard InChI is InChI=1S/C5H5.C2H5.ClH.Zr/c1-2-4-5-3-1;1-2;;/h1-5H;1H2,2H3;1H;/q;;;+1/p-1. The number of hydrogen-bond donors (Lipinski definition) is 0. The monoisotopic (exact) mass is 219 g/mol. The molecule has 0 amide bonds. The molecule has 0 atom stereocenters. The number of rotatable bonds is 1. The van der Waals surface area contributed by atoms with Crippen LogP contribution in [-0.2, 0) is 22.0 Å². The molecular formula is C7H10ClZr. The van der Waals surface area contributed by atoms with Crippen molar-refractivity contribution in [2.24, 2.45) is 0 Å². The van der Waals surface area contributed by atoms with E-state index in [-0.39, 0.29) is 22.0 Å². The fraction of sp³-hybridized carbons (Fsp3) is 0.286. The van der Waals surface area contributed by atoms with Gasteiger partial charge in [-0.25, -0.2) is 0 Å². The molecule has 0 saturated carbocycles. The summed E-state index contributed by atoms with van der Waals surface area (Å²) in [5, 5.41) is 0. The third kappa shape index (κ3) is 8.65. The first-order valence-corrected chi connectivity index (χ1v) is 7.82. The van der Waals surface area contributed by atoms with Crippen LogP contribution < -0.4 is 0 Å². The van der Waals surface area contributed by atoms with Gasteiger partial charge in [0.15, 0.2) is 0 Å². The van der Waals surface area contributed by atoms with Gasteiger partial charge >= 0.3 is 41.6 Å². The average molecular weight is 221 g/mol. The molecule has 1 rings (SSSR count). The van der Waals surface area contributed by atoms with E-state index in [1.54, 1.807) is 0 Å². The van der Waals surface area contributed by atoms with Gasteiger partial charge in [-0.15, -0.1) is 0 Å². The summed E-state index contributed by atoms with van der Waals surface area (Å²) in [6.45, 7) is 2.12. The van der Waals surface area contributed by atoms with Crippen LogP contribution in [0.25, 0.3) is 0 Å². The molecule has 1 aliphatic rings. The minimum absolute atomic E-state index is 0.304. The van der Waals surface area contributed by atoms with Gasteiger partial charge in [0.05, 0.1) is 0 Å². The van der Waals surface area contributed by atoms with Crippen LogP contribution in [0.5, 0.6) is 0 Å². The van der Waals surface area contributed by atoms with E-state index in [2.05, 4.69) is 6.92 Å². The first-order valence-electron chi connectivity index (χ1n) is 2.92. The molecule has 9 heavy (non-hydrogen) atoms. The molecule has 0 aromatic carbocycles. The van der Waals surface area contributed by atoms with Gasteiger partial charge in [0, 0.05) is 6.42 Å². The SMILES string of the molecule is C[CH2][Zr][Cl].[CH]1C=CC=C1. The minimum atomic E-state index is -0.304. The van der Waals surface area contributed by atoms with E-state index in [4.69, 9.17) is 8.51 Å². The van der Waals surface area contributed by atoms with Crippen LogP contribution >= 0.6 is 8.51 Å². The second-order valence-corrected chi connectivity index (χ2v) is 5.43. The van der Waals surface area contributed by atoms with Gasteiger partial charge in [0.2, 0.25) is 0 Å². The zero-order valence-electron chi connectivity index (χ0n) is 5.47. The van der Waals surface area contributed by atoms with E-state index in [0.717, 1.165) is 0 Å². The van der Waals surface area contributed by atoms with Crippen molar-refractivity contribution in [1.29, 1.82) is 0 Å². The zero-order valence-corrected chi connectivity index (χ0v) is 8.69. The Morgan fingerprint density at radius 2 is 1.67 bits per heavy atom. The van der Waals surface area contributed by atoms with Gasteiger partial charge < -0.3 is 0 Å². The van der Waals surface area contributed by atoms with Crippen molar-refractivity contribution in [2.45, 2.75) is 11.1 Å². The van der Waals surface area contributed by atoms with Crippen LogP contribution in [0.1, 0.15) is 6.92 Å². The van der Waals surface area contributed by atoms with Gasteiger partial charge in [-0.05, 0) is 0 Å². The largest absolute Gasteiger partial charge is 0.0767 e. The first kappa shape index (κ1) is 9.65. The predicted molar refractivity (Wildman–Crippen MR) is 38.9 cm³/mol. The number of hydrogen-bond acceptors (Lipinski definition) is 0. The van der Waals surface area contributed by atoms with E-state index < -0.39 is 0 Å². The quantitative estimate of drug-likeness (QED) is 0.638. The minimum Gasteiger partial charge on any atom is -0.0767 e. The third-order valence-electron chi connectivity index (χ3n) is 0.689. The molecule has 0 aromatic heterocycles. The van der Waals surface area contributed by atoms with E-state index in [0.29, 0.717) is 0 Å². The summed E-state index contributed by atoms with van der Waals surface area (Å²) in [6, 6.07) is 0. The Morgan fingerprint density at radius 3 is 1.78 bits per heavy atom. The van der Waals surface area contributed by atoms with Crippen LogP contribution in [0.2, 0.25) is 4.13 Å². The Hall–Kier alpha value is 0.653. The van der Waals surface area contributed by atoms with Crippen LogP contribution in [-0.4, -0.2) is 0 Å². The van der Waals surface area contributed by atoms with Crippen molar-refractivity contribution < 1.29 is 22.0 Å². The van der Waals surface area contributed by atoms with Gasteiger partial charge in [0.1, 0.15) is 0 Å². The van der Waals surface area contributed by atoms with E-state index in [9.17, 15) is 0 Å². The molecule has 0 nitrogen and oxygen atoms in total. The smallest absolute Gasteiger partial charge is 0.00506 e. The van der Waals surface area contributed by atoms with Gasteiger partial charge in [0.25, 0.3) is 0 Å². The summed E-state index contributed by atoms with van der Waals surface area (Å²) in [6.07, 6.45) is 10.0. The summed E-state index contributed by atoms with van der Waals surface area (Å²) >= 11 is -0.304. The van der Waals surface area contributed by atoms with Crippen LogP contribution in [0.15, 0.2) is 24.3 Å². The number of halogens is 1. The maximum absolute atomic E-state index is 5.36. The number of allylic oxidation sites excluding steroid dienone is 4. The first-order chi connectivity index (χ1) is 4.41. The molecule has 0 bridgehead atoms. The van der Waals surface area contributed by atoms with Crippen molar-refractivity contribution in [3.63, 3.8) is 0 Å². The summed E-state index contributed by atoms with van der Waals surface area (Å²) in [4.78, 5) is 0. The van der Waals surface area contributed by atoms with Crippen LogP contribution in [0.3, 0.4) is 0 Å². The normalized spacial score (nSPS) is 12.7. The maximum Gasteiger partial charge on any atom is 0.00506 e. The molecule has 0 N–H and O–H groups in total. The molecule has 0 heterocycles. The maximum atomic E-state index is 5.36. The predicted octanol–water partition coefficient (Wildman–Crippen LogP) is 2.98. The molecule has 0 aliphatic heterocycles. The third-order valence-corrected chi connectivity index (χ3v) is 2.93. The second kappa shape index (κ2) is 8.65. The molecule has 0 saturated heterocycles. The Balaban J connectivity index is 0.000000148. The van der Waals surface area contributed by atoms with Crippen molar-refractivity contribution in [3.8, 4) is 0 Å². The van der Waals surface area contributed by atoms with E-state index >= 15 is 0 Å². The Morgan fingerprint density at radius 1 is 1.22 bits per heavy atom. The van der Waals surface area contributed by atoms with Crippen LogP contribution in [0, 0.1) is 6.42 Å². The summed E-state index contributed by atoms with van der Waals surface area (Å²) in [7, 11) is 5.36. The van der Waals surface area contributed by atoms with Gasteiger partial charge in [-0.1, -0.05) is 24.3 Å². The summed E-state index contributed by atoms with van der Waals surface area (Å²) in [5.74, 6) is 0.